The first-order valence-electron chi connectivity index (χ1n) is 7.05. The number of aromatic nitrogens is 2. The summed E-state index contributed by atoms with van der Waals surface area (Å²) in [7, 11) is 0. The summed E-state index contributed by atoms with van der Waals surface area (Å²) in [5.74, 6) is -0.197. The highest BCUT2D eigenvalue weighted by Crippen LogP contribution is 2.05. The van der Waals surface area contributed by atoms with E-state index in [1.54, 1.807) is 18.6 Å². The van der Waals surface area contributed by atoms with Crippen LogP contribution in [0.15, 0.2) is 43.0 Å². The lowest BCUT2D eigenvalue weighted by molar-refractivity contribution is 0.623. The molecule has 0 fully saturated rings. The van der Waals surface area contributed by atoms with Crippen molar-refractivity contribution in [2.45, 2.75) is 48.1 Å². The smallest absolute Gasteiger partial charge is 0.123 e. The Morgan fingerprint density at radius 3 is 2.16 bits per heavy atom. The van der Waals surface area contributed by atoms with E-state index in [2.05, 4.69) is 4.98 Å². The van der Waals surface area contributed by atoms with E-state index in [4.69, 9.17) is 0 Å². The normalized spacial score (nSPS) is 7.95. The van der Waals surface area contributed by atoms with Gasteiger partial charge in [-0.25, -0.2) is 9.37 Å². The van der Waals surface area contributed by atoms with Gasteiger partial charge in [0.25, 0.3) is 0 Å². The van der Waals surface area contributed by atoms with Crippen LogP contribution in [0.25, 0.3) is 0 Å². The van der Waals surface area contributed by atoms with Crippen LogP contribution in [0.3, 0.4) is 0 Å². The van der Waals surface area contributed by atoms with Gasteiger partial charge in [0.2, 0.25) is 0 Å². The van der Waals surface area contributed by atoms with E-state index in [0.29, 0.717) is 6.54 Å². The van der Waals surface area contributed by atoms with Crippen LogP contribution < -0.4 is 0 Å². The molecule has 2 nitrogen and oxygen atoms in total. The second-order valence-electron chi connectivity index (χ2n) is 2.86. The van der Waals surface area contributed by atoms with Crippen molar-refractivity contribution >= 4 is 0 Å². The zero-order valence-corrected chi connectivity index (χ0v) is 13.0. The van der Waals surface area contributed by atoms with Gasteiger partial charge in [-0.2, -0.15) is 0 Å². The van der Waals surface area contributed by atoms with Crippen LogP contribution in [-0.4, -0.2) is 9.55 Å². The molecule has 0 aliphatic rings. The molecule has 0 radical (unpaired) electrons. The standard InChI is InChI=1S/C10H9FN2.3C2H6/c11-10-3-1-2-9(6-10)7-13-5-4-12-8-13;3*1-2/h1-6,8H,7H2;3*1-2H3. The molecule has 0 aliphatic heterocycles. The summed E-state index contributed by atoms with van der Waals surface area (Å²) in [4.78, 5) is 3.91. The first-order valence-corrected chi connectivity index (χ1v) is 7.05. The highest BCUT2D eigenvalue weighted by molar-refractivity contribution is 5.16. The van der Waals surface area contributed by atoms with Crippen molar-refractivity contribution in [2.75, 3.05) is 0 Å². The van der Waals surface area contributed by atoms with Gasteiger partial charge < -0.3 is 4.57 Å². The third-order valence-corrected chi connectivity index (χ3v) is 1.81. The van der Waals surface area contributed by atoms with Gasteiger partial charge >= 0.3 is 0 Å². The maximum absolute atomic E-state index is 12.8. The minimum absolute atomic E-state index is 0.197. The van der Waals surface area contributed by atoms with Crippen LogP contribution >= 0.6 is 0 Å². The first kappa shape index (κ1) is 19.7. The lowest BCUT2D eigenvalue weighted by Gasteiger charge is -2.01. The number of rotatable bonds is 2. The van der Waals surface area contributed by atoms with E-state index < -0.39 is 0 Å². The molecule has 0 amide bonds. The van der Waals surface area contributed by atoms with Crippen LogP contribution in [0.4, 0.5) is 4.39 Å². The number of benzene rings is 1. The number of nitrogens with zero attached hydrogens (tertiary/aromatic N) is 2. The Labute approximate surface area is 117 Å². The van der Waals surface area contributed by atoms with Crippen LogP contribution in [0.1, 0.15) is 47.1 Å². The highest BCUT2D eigenvalue weighted by atomic mass is 19.1. The third kappa shape index (κ3) is 9.00. The minimum atomic E-state index is -0.197. The van der Waals surface area contributed by atoms with E-state index in [9.17, 15) is 4.39 Å². The highest BCUT2D eigenvalue weighted by Gasteiger charge is 1.95. The molecule has 1 aromatic heterocycles. The molecule has 0 unspecified atom stereocenters. The molecule has 0 N–H and O–H groups in total. The number of hydrogen-bond acceptors (Lipinski definition) is 1. The lowest BCUT2D eigenvalue weighted by Crippen LogP contribution is -1.96. The van der Waals surface area contributed by atoms with Crippen molar-refractivity contribution in [1.29, 1.82) is 0 Å². The van der Waals surface area contributed by atoms with E-state index in [-0.39, 0.29) is 5.82 Å². The summed E-state index contributed by atoms with van der Waals surface area (Å²) in [6, 6.07) is 6.57. The van der Waals surface area contributed by atoms with Gasteiger partial charge in [0.05, 0.1) is 6.33 Å². The molecular formula is C16H27FN2. The van der Waals surface area contributed by atoms with Crippen molar-refractivity contribution in [1.82, 2.24) is 9.55 Å². The number of imidazole rings is 1. The van der Waals surface area contributed by atoms with Gasteiger partial charge in [-0.15, -0.1) is 0 Å². The van der Waals surface area contributed by atoms with Crippen LogP contribution in [0.5, 0.6) is 0 Å². The Morgan fingerprint density at radius 1 is 1.05 bits per heavy atom. The van der Waals surface area contributed by atoms with Crippen LogP contribution in [-0.2, 0) is 6.54 Å². The molecule has 2 rings (SSSR count). The second kappa shape index (κ2) is 14.4. The average Bonchev–Trinajstić information content (AvgIpc) is 2.98. The van der Waals surface area contributed by atoms with E-state index in [1.165, 1.54) is 12.1 Å². The summed E-state index contributed by atoms with van der Waals surface area (Å²) >= 11 is 0. The fraction of sp³-hybridized carbons (Fsp3) is 0.438. The van der Waals surface area contributed by atoms with Gasteiger partial charge in [-0.05, 0) is 17.7 Å². The molecular weight excluding hydrogens is 239 g/mol. The minimum Gasteiger partial charge on any atom is -0.333 e. The molecule has 0 aliphatic carbocycles. The van der Waals surface area contributed by atoms with Crippen molar-refractivity contribution in [3.63, 3.8) is 0 Å². The zero-order chi connectivity index (χ0) is 15.1. The number of halogens is 1. The van der Waals surface area contributed by atoms with Crippen molar-refractivity contribution in [3.05, 3.63) is 54.4 Å². The molecule has 3 heteroatoms. The molecule has 108 valence electrons. The maximum Gasteiger partial charge on any atom is 0.123 e. The molecule has 2 aromatic rings. The van der Waals surface area contributed by atoms with Gasteiger partial charge in [0, 0.05) is 18.9 Å². The van der Waals surface area contributed by atoms with E-state index in [1.807, 2.05) is 58.4 Å². The van der Waals surface area contributed by atoms with Gasteiger partial charge in [0.1, 0.15) is 5.82 Å². The predicted molar refractivity (Wildman–Crippen MR) is 81.8 cm³/mol. The summed E-state index contributed by atoms with van der Waals surface area (Å²) in [6.45, 7) is 12.7. The first-order chi connectivity index (χ1) is 9.34. The summed E-state index contributed by atoms with van der Waals surface area (Å²) in [5, 5.41) is 0. The topological polar surface area (TPSA) is 17.8 Å². The predicted octanol–water partition coefficient (Wildman–Crippen LogP) is 5.15. The molecule has 0 spiro atoms. The molecule has 1 heterocycles. The Kier molecular flexibility index (Phi) is 14.9. The SMILES string of the molecule is CC.CC.CC.Fc1cccc(Cn2ccnc2)c1. The quantitative estimate of drug-likeness (QED) is 0.735. The average molecular weight is 266 g/mol. The molecule has 0 saturated carbocycles. The van der Waals surface area contributed by atoms with Gasteiger partial charge in [0.15, 0.2) is 0 Å². The molecule has 19 heavy (non-hydrogen) atoms. The van der Waals surface area contributed by atoms with Gasteiger partial charge in [-0.1, -0.05) is 53.7 Å². The van der Waals surface area contributed by atoms with Crippen molar-refractivity contribution in [2.24, 2.45) is 0 Å². The Balaban J connectivity index is 0. The van der Waals surface area contributed by atoms with Crippen molar-refractivity contribution in [3.8, 4) is 0 Å². The summed E-state index contributed by atoms with van der Waals surface area (Å²) < 4.78 is 14.7. The fourth-order valence-corrected chi connectivity index (χ4v) is 1.23. The Bertz CT molecular complexity index is 383. The lowest BCUT2D eigenvalue weighted by atomic mass is 10.2. The fourth-order valence-electron chi connectivity index (χ4n) is 1.23. The second-order valence-corrected chi connectivity index (χ2v) is 2.86. The molecule has 0 atom stereocenters. The van der Waals surface area contributed by atoms with Gasteiger partial charge in [-0.3, -0.25) is 0 Å². The maximum atomic E-state index is 12.8. The summed E-state index contributed by atoms with van der Waals surface area (Å²) in [5.41, 5.74) is 0.943. The zero-order valence-electron chi connectivity index (χ0n) is 13.0. The summed E-state index contributed by atoms with van der Waals surface area (Å²) in [6.07, 6.45) is 5.27. The van der Waals surface area contributed by atoms with Crippen molar-refractivity contribution < 1.29 is 4.39 Å². The van der Waals surface area contributed by atoms with E-state index in [0.717, 1.165) is 5.56 Å². The molecule has 0 bridgehead atoms. The largest absolute Gasteiger partial charge is 0.333 e. The monoisotopic (exact) mass is 266 g/mol. The van der Waals surface area contributed by atoms with E-state index >= 15 is 0 Å². The Hall–Kier alpha value is -1.64. The Morgan fingerprint density at radius 2 is 1.68 bits per heavy atom. The number of hydrogen-bond donors (Lipinski definition) is 0. The molecule has 0 saturated heterocycles. The van der Waals surface area contributed by atoms with Crippen LogP contribution in [0.2, 0.25) is 0 Å². The van der Waals surface area contributed by atoms with Crippen LogP contribution in [0, 0.1) is 5.82 Å². The molecule has 1 aromatic carbocycles. The third-order valence-electron chi connectivity index (χ3n) is 1.81.